The summed E-state index contributed by atoms with van der Waals surface area (Å²) >= 11 is 0. The van der Waals surface area contributed by atoms with Gasteiger partial charge in [0, 0.05) is 18.6 Å². The Kier molecular flexibility index (Phi) is 4.52. The van der Waals surface area contributed by atoms with Gasteiger partial charge in [-0.05, 0) is 24.3 Å². The summed E-state index contributed by atoms with van der Waals surface area (Å²) in [6.07, 6.45) is 0.191. The van der Waals surface area contributed by atoms with E-state index in [2.05, 4.69) is 5.32 Å². The molecule has 1 unspecified atom stereocenters. The minimum atomic E-state index is -3.33. The normalized spacial score (nSPS) is 21.5. The average Bonchev–Trinajstić information content (AvgIpc) is 2.97. The molecule has 1 heterocycles. The number of hydrogen-bond donors (Lipinski definition) is 2. The number of carbonyl (C=O) groups excluding carboxylic acids is 1. The van der Waals surface area contributed by atoms with Crippen LogP contribution in [0, 0.1) is 0 Å². The fourth-order valence-electron chi connectivity index (χ4n) is 2.16. The Morgan fingerprint density at radius 2 is 1.95 bits per heavy atom. The van der Waals surface area contributed by atoms with E-state index < -0.39 is 27.3 Å². The van der Waals surface area contributed by atoms with Gasteiger partial charge in [-0.2, -0.15) is 0 Å². The summed E-state index contributed by atoms with van der Waals surface area (Å²) in [4.78, 5) is 23.6. The maximum Gasteiger partial charge on any atom is 0.331 e. The second-order valence-corrected chi connectivity index (χ2v) is 7.35. The third-order valence-corrected chi connectivity index (χ3v) is 5.39. The maximum atomic E-state index is 12.2. The fraction of sp³-hybridized carbons (Fsp3) is 0.429. The summed E-state index contributed by atoms with van der Waals surface area (Å²) in [7, 11) is -3.33. The van der Waals surface area contributed by atoms with Crippen molar-refractivity contribution in [2.75, 3.05) is 19.0 Å². The maximum absolute atomic E-state index is 12.2. The molecule has 1 saturated heterocycles. The number of benzene rings is 1. The number of ether oxygens (including phenoxy) is 1. The number of sulfone groups is 1. The zero-order chi connectivity index (χ0) is 16.4. The van der Waals surface area contributed by atoms with Gasteiger partial charge in [-0.3, -0.25) is 4.79 Å². The monoisotopic (exact) mass is 327 g/mol. The first-order chi connectivity index (χ1) is 10.3. The quantitative estimate of drug-likeness (QED) is 0.813. The Bertz CT molecular complexity index is 674. The van der Waals surface area contributed by atoms with Gasteiger partial charge in [-0.1, -0.05) is 6.92 Å². The van der Waals surface area contributed by atoms with Gasteiger partial charge in [0.2, 0.25) is 0 Å². The number of aliphatic carboxylic acids is 1. The standard InChI is InChI=1S/C14H17NO6S/c1-2-22(19,20)11-5-3-10(4-6-11)12(16)15-14(13(17)18)7-8-21-9-14/h3-6H,2,7-9H2,1H3,(H,15,16)(H,17,18). The van der Waals surface area contributed by atoms with Crippen molar-refractivity contribution in [1.29, 1.82) is 0 Å². The van der Waals surface area contributed by atoms with Gasteiger partial charge >= 0.3 is 5.97 Å². The summed E-state index contributed by atoms with van der Waals surface area (Å²) in [5, 5.41) is 11.7. The smallest absolute Gasteiger partial charge is 0.331 e. The number of carbonyl (C=O) groups is 2. The van der Waals surface area contributed by atoms with E-state index in [0.717, 1.165) is 0 Å². The molecule has 1 aliphatic rings. The van der Waals surface area contributed by atoms with Gasteiger partial charge in [0.25, 0.3) is 5.91 Å². The highest BCUT2D eigenvalue weighted by Gasteiger charge is 2.44. The fourth-order valence-corrected chi connectivity index (χ4v) is 3.04. The van der Waals surface area contributed by atoms with E-state index in [4.69, 9.17) is 4.74 Å². The van der Waals surface area contributed by atoms with Gasteiger partial charge in [-0.25, -0.2) is 13.2 Å². The molecule has 1 fully saturated rings. The first-order valence-electron chi connectivity index (χ1n) is 6.77. The van der Waals surface area contributed by atoms with Crippen molar-refractivity contribution in [3.05, 3.63) is 29.8 Å². The summed E-state index contributed by atoms with van der Waals surface area (Å²) in [5.74, 6) is -1.75. The van der Waals surface area contributed by atoms with Crippen molar-refractivity contribution < 1.29 is 27.9 Å². The molecule has 1 atom stereocenters. The van der Waals surface area contributed by atoms with Gasteiger partial charge in [-0.15, -0.1) is 0 Å². The molecule has 1 aromatic carbocycles. The minimum absolute atomic E-state index is 0.0298. The van der Waals surface area contributed by atoms with E-state index in [1.54, 1.807) is 0 Å². The highest BCUT2D eigenvalue weighted by Crippen LogP contribution is 2.20. The van der Waals surface area contributed by atoms with E-state index in [9.17, 15) is 23.1 Å². The van der Waals surface area contributed by atoms with E-state index in [1.807, 2.05) is 0 Å². The van der Waals surface area contributed by atoms with Crippen molar-refractivity contribution in [2.24, 2.45) is 0 Å². The largest absolute Gasteiger partial charge is 0.479 e. The van der Waals surface area contributed by atoms with Crippen LogP contribution in [-0.4, -0.2) is 49.9 Å². The highest BCUT2D eigenvalue weighted by molar-refractivity contribution is 7.91. The molecule has 1 aliphatic heterocycles. The lowest BCUT2D eigenvalue weighted by Crippen LogP contribution is -2.55. The molecule has 1 amide bonds. The third kappa shape index (κ3) is 3.12. The molecule has 120 valence electrons. The predicted molar refractivity (Wildman–Crippen MR) is 77.4 cm³/mol. The lowest BCUT2D eigenvalue weighted by Gasteiger charge is -2.23. The summed E-state index contributed by atoms with van der Waals surface area (Å²) < 4.78 is 28.5. The van der Waals surface area contributed by atoms with E-state index in [1.165, 1.54) is 31.2 Å². The zero-order valence-corrected chi connectivity index (χ0v) is 12.9. The summed E-state index contributed by atoms with van der Waals surface area (Å²) in [5.41, 5.74) is -1.23. The van der Waals surface area contributed by atoms with E-state index >= 15 is 0 Å². The molecular formula is C14H17NO6S. The van der Waals surface area contributed by atoms with Gasteiger partial charge in [0.05, 0.1) is 17.3 Å². The number of amides is 1. The zero-order valence-electron chi connectivity index (χ0n) is 12.0. The molecule has 0 aliphatic carbocycles. The molecule has 22 heavy (non-hydrogen) atoms. The SMILES string of the molecule is CCS(=O)(=O)c1ccc(C(=O)NC2(C(=O)O)CCOC2)cc1. The van der Waals surface area contributed by atoms with Crippen LogP contribution in [-0.2, 0) is 19.4 Å². The van der Waals surface area contributed by atoms with Gasteiger partial charge in [0.1, 0.15) is 0 Å². The molecule has 0 bridgehead atoms. The first kappa shape index (κ1) is 16.4. The summed E-state index contributed by atoms with van der Waals surface area (Å²) in [6.45, 7) is 1.71. The number of carboxylic acid groups (broad SMARTS) is 1. The van der Waals surface area contributed by atoms with Crippen LogP contribution >= 0.6 is 0 Å². The number of hydrogen-bond acceptors (Lipinski definition) is 5. The molecule has 8 heteroatoms. The Labute approximate surface area is 128 Å². The molecule has 0 radical (unpaired) electrons. The number of carboxylic acids is 1. The van der Waals surface area contributed by atoms with Crippen LogP contribution in [0.1, 0.15) is 23.7 Å². The first-order valence-corrected chi connectivity index (χ1v) is 8.42. The van der Waals surface area contributed by atoms with Crippen LogP contribution in [0.3, 0.4) is 0 Å². The van der Waals surface area contributed by atoms with Crippen molar-refractivity contribution in [3.63, 3.8) is 0 Å². The molecule has 7 nitrogen and oxygen atoms in total. The van der Waals surface area contributed by atoms with Crippen molar-refractivity contribution >= 4 is 21.7 Å². The van der Waals surface area contributed by atoms with E-state index in [-0.39, 0.29) is 35.8 Å². The minimum Gasteiger partial charge on any atom is -0.479 e. The van der Waals surface area contributed by atoms with Crippen LogP contribution in [0.4, 0.5) is 0 Å². The Balaban J connectivity index is 2.18. The Hall–Kier alpha value is -1.93. The van der Waals surface area contributed by atoms with Crippen LogP contribution in [0.25, 0.3) is 0 Å². The second kappa shape index (κ2) is 6.05. The molecule has 0 saturated carbocycles. The molecule has 0 aromatic heterocycles. The van der Waals surface area contributed by atoms with Crippen molar-refractivity contribution in [3.8, 4) is 0 Å². The van der Waals surface area contributed by atoms with Gasteiger partial charge in [0.15, 0.2) is 15.4 Å². The lowest BCUT2D eigenvalue weighted by atomic mass is 9.98. The topological polar surface area (TPSA) is 110 Å². The number of nitrogens with one attached hydrogen (secondary N) is 1. The molecule has 0 spiro atoms. The molecule has 1 aromatic rings. The molecular weight excluding hydrogens is 310 g/mol. The Morgan fingerprint density at radius 1 is 1.32 bits per heavy atom. The van der Waals surface area contributed by atoms with Crippen molar-refractivity contribution in [2.45, 2.75) is 23.8 Å². The summed E-state index contributed by atoms with van der Waals surface area (Å²) in [6, 6.07) is 5.41. The van der Waals surface area contributed by atoms with Crippen molar-refractivity contribution in [1.82, 2.24) is 5.32 Å². The van der Waals surface area contributed by atoms with Crippen LogP contribution in [0.15, 0.2) is 29.2 Å². The third-order valence-electron chi connectivity index (χ3n) is 3.64. The van der Waals surface area contributed by atoms with Crippen LogP contribution in [0.5, 0.6) is 0 Å². The lowest BCUT2D eigenvalue weighted by molar-refractivity contribution is -0.144. The average molecular weight is 327 g/mol. The van der Waals surface area contributed by atoms with E-state index in [0.29, 0.717) is 0 Å². The highest BCUT2D eigenvalue weighted by atomic mass is 32.2. The Morgan fingerprint density at radius 3 is 2.41 bits per heavy atom. The van der Waals surface area contributed by atoms with Gasteiger partial charge < -0.3 is 15.2 Å². The van der Waals surface area contributed by atoms with Crippen LogP contribution < -0.4 is 5.32 Å². The predicted octanol–water partition coefficient (Wildman–Crippen LogP) is 0.454. The second-order valence-electron chi connectivity index (χ2n) is 5.07. The number of rotatable bonds is 5. The van der Waals surface area contributed by atoms with Crippen LogP contribution in [0.2, 0.25) is 0 Å². The molecule has 2 N–H and O–H groups in total. The molecule has 2 rings (SSSR count).